The van der Waals surface area contributed by atoms with Crippen molar-refractivity contribution in [2.24, 2.45) is 0 Å². The average Bonchev–Trinajstić information content (AvgIpc) is 2.58. The Labute approximate surface area is 110 Å². The van der Waals surface area contributed by atoms with Crippen LogP contribution in [0.15, 0.2) is 23.3 Å². The van der Waals surface area contributed by atoms with E-state index in [9.17, 15) is 14.4 Å². The number of rotatable bonds is 3. The second kappa shape index (κ2) is 6.12. The van der Waals surface area contributed by atoms with Crippen LogP contribution in [-0.2, 0) is 16.1 Å². The molecule has 1 saturated heterocycles. The smallest absolute Gasteiger partial charge is 0.347 e. The fraction of sp³-hybridized carbons (Fsp3) is 0.500. The number of carbonyl (C=O) groups excluding carboxylic acids is 2. The van der Waals surface area contributed by atoms with Crippen molar-refractivity contribution in [3.05, 3.63) is 28.9 Å². The zero-order chi connectivity index (χ0) is 13.7. The number of nitrogens with one attached hydrogen (secondary N) is 2. The normalized spacial score (nSPS) is 19.4. The lowest BCUT2D eigenvalue weighted by molar-refractivity contribution is -0.129. The summed E-state index contributed by atoms with van der Waals surface area (Å²) < 4.78 is 1.20. The molecule has 0 spiro atoms. The molecule has 0 aromatic carbocycles. The lowest BCUT2D eigenvalue weighted by Gasteiger charge is -2.15. The summed E-state index contributed by atoms with van der Waals surface area (Å²) >= 11 is 0. The topological polar surface area (TPSA) is 93.1 Å². The van der Waals surface area contributed by atoms with Gasteiger partial charge >= 0.3 is 5.69 Å². The predicted octanol–water partition coefficient (Wildman–Crippen LogP) is -0.972. The molecule has 1 aromatic heterocycles. The van der Waals surface area contributed by atoms with Crippen molar-refractivity contribution >= 4 is 11.8 Å². The average molecular weight is 264 g/mol. The predicted molar refractivity (Wildman–Crippen MR) is 67.3 cm³/mol. The standard InChI is InChI=1S/C12H16N4O3/c17-10(8-16-7-3-6-14-12(16)19)15-9-4-1-2-5-13-11(9)18/h3,6-7,9H,1-2,4-5,8H2,(H,13,18)(H,15,17)/t9-/m1/s1. The fourth-order valence-electron chi connectivity index (χ4n) is 1.98. The van der Waals surface area contributed by atoms with Gasteiger partial charge in [0.25, 0.3) is 0 Å². The zero-order valence-corrected chi connectivity index (χ0v) is 10.5. The minimum Gasteiger partial charge on any atom is -0.354 e. The third kappa shape index (κ3) is 3.64. The van der Waals surface area contributed by atoms with Gasteiger partial charge in [0.2, 0.25) is 11.8 Å². The molecule has 0 bridgehead atoms. The Balaban J connectivity index is 1.95. The molecule has 0 saturated carbocycles. The Morgan fingerprint density at radius 3 is 3.11 bits per heavy atom. The molecule has 2 heterocycles. The van der Waals surface area contributed by atoms with Gasteiger partial charge in [-0.05, 0) is 25.3 Å². The van der Waals surface area contributed by atoms with Crippen LogP contribution in [0, 0.1) is 0 Å². The number of nitrogens with zero attached hydrogens (tertiary/aromatic N) is 2. The number of amides is 2. The van der Waals surface area contributed by atoms with Gasteiger partial charge in [0.05, 0.1) is 0 Å². The zero-order valence-electron chi connectivity index (χ0n) is 10.5. The molecule has 0 aliphatic carbocycles. The molecule has 7 nitrogen and oxygen atoms in total. The summed E-state index contributed by atoms with van der Waals surface area (Å²) in [4.78, 5) is 38.4. The molecule has 2 rings (SSSR count). The highest BCUT2D eigenvalue weighted by atomic mass is 16.2. The van der Waals surface area contributed by atoms with Crippen LogP contribution in [0.2, 0.25) is 0 Å². The van der Waals surface area contributed by atoms with Crippen LogP contribution >= 0.6 is 0 Å². The van der Waals surface area contributed by atoms with Gasteiger partial charge in [-0.2, -0.15) is 0 Å². The lowest BCUT2D eigenvalue weighted by Crippen LogP contribution is -2.47. The molecule has 1 aliphatic heterocycles. The van der Waals surface area contributed by atoms with Gasteiger partial charge in [-0.3, -0.25) is 14.2 Å². The third-order valence-electron chi connectivity index (χ3n) is 2.97. The van der Waals surface area contributed by atoms with Crippen LogP contribution in [0.3, 0.4) is 0 Å². The summed E-state index contributed by atoms with van der Waals surface area (Å²) in [5, 5.41) is 5.39. The number of carbonyl (C=O) groups is 2. The highest BCUT2D eigenvalue weighted by molar-refractivity contribution is 5.87. The SMILES string of the molecule is O=C(Cn1cccnc1=O)N[C@@H]1CCCCNC1=O. The Morgan fingerprint density at radius 2 is 2.32 bits per heavy atom. The molecule has 1 aliphatic rings. The van der Waals surface area contributed by atoms with E-state index in [-0.39, 0.29) is 18.4 Å². The molecule has 19 heavy (non-hydrogen) atoms. The third-order valence-corrected chi connectivity index (χ3v) is 2.97. The van der Waals surface area contributed by atoms with Crippen molar-refractivity contribution < 1.29 is 9.59 Å². The Hall–Kier alpha value is -2.18. The molecule has 1 aromatic rings. The summed E-state index contributed by atoms with van der Waals surface area (Å²) in [6, 6.07) is 1.06. The van der Waals surface area contributed by atoms with Gasteiger partial charge in [-0.25, -0.2) is 9.78 Å². The van der Waals surface area contributed by atoms with E-state index in [1.54, 1.807) is 6.07 Å². The van der Waals surface area contributed by atoms with Crippen LogP contribution in [0.5, 0.6) is 0 Å². The first-order valence-corrected chi connectivity index (χ1v) is 6.25. The molecule has 0 radical (unpaired) electrons. The second-order valence-corrected chi connectivity index (χ2v) is 4.44. The quantitative estimate of drug-likeness (QED) is 0.734. The minimum atomic E-state index is -0.512. The maximum absolute atomic E-state index is 11.8. The van der Waals surface area contributed by atoms with Gasteiger partial charge < -0.3 is 10.6 Å². The van der Waals surface area contributed by atoms with Gasteiger partial charge in [0.15, 0.2) is 0 Å². The van der Waals surface area contributed by atoms with Crippen LogP contribution in [0.4, 0.5) is 0 Å². The summed E-state index contributed by atoms with van der Waals surface area (Å²) in [5.74, 6) is -0.526. The van der Waals surface area contributed by atoms with E-state index in [1.807, 2.05) is 0 Å². The van der Waals surface area contributed by atoms with E-state index >= 15 is 0 Å². The largest absolute Gasteiger partial charge is 0.354 e. The Bertz CT molecular complexity index is 526. The molecule has 2 N–H and O–H groups in total. The first kappa shape index (κ1) is 13.3. The molecule has 102 valence electrons. The van der Waals surface area contributed by atoms with E-state index in [1.165, 1.54) is 17.0 Å². The first-order chi connectivity index (χ1) is 9.16. The van der Waals surface area contributed by atoms with Gasteiger partial charge in [0.1, 0.15) is 12.6 Å². The summed E-state index contributed by atoms with van der Waals surface area (Å²) in [6.07, 6.45) is 5.29. The first-order valence-electron chi connectivity index (χ1n) is 6.25. The van der Waals surface area contributed by atoms with E-state index in [0.29, 0.717) is 13.0 Å². The summed E-state index contributed by atoms with van der Waals surface area (Å²) in [5.41, 5.74) is -0.483. The number of aromatic nitrogens is 2. The highest BCUT2D eigenvalue weighted by Crippen LogP contribution is 2.05. The van der Waals surface area contributed by atoms with Crippen molar-refractivity contribution in [3.63, 3.8) is 0 Å². The van der Waals surface area contributed by atoms with Crippen molar-refractivity contribution in [1.29, 1.82) is 0 Å². The molecule has 0 unspecified atom stereocenters. The van der Waals surface area contributed by atoms with Crippen LogP contribution in [-0.4, -0.2) is 34.0 Å². The molecule has 7 heteroatoms. The number of hydrogen-bond acceptors (Lipinski definition) is 4. The van der Waals surface area contributed by atoms with E-state index in [2.05, 4.69) is 15.6 Å². The number of hydrogen-bond donors (Lipinski definition) is 2. The molecular weight excluding hydrogens is 248 g/mol. The summed E-state index contributed by atoms with van der Waals surface area (Å²) in [7, 11) is 0. The van der Waals surface area contributed by atoms with Crippen LogP contribution < -0.4 is 16.3 Å². The molecule has 2 amide bonds. The Kier molecular flexibility index (Phi) is 4.27. The van der Waals surface area contributed by atoms with Crippen molar-refractivity contribution in [2.75, 3.05) is 6.54 Å². The van der Waals surface area contributed by atoms with Crippen molar-refractivity contribution in [1.82, 2.24) is 20.2 Å². The van der Waals surface area contributed by atoms with Crippen LogP contribution in [0.25, 0.3) is 0 Å². The molecular formula is C12H16N4O3. The van der Waals surface area contributed by atoms with Crippen molar-refractivity contribution in [3.8, 4) is 0 Å². The van der Waals surface area contributed by atoms with E-state index in [0.717, 1.165) is 12.8 Å². The minimum absolute atomic E-state index is 0.129. The highest BCUT2D eigenvalue weighted by Gasteiger charge is 2.22. The van der Waals surface area contributed by atoms with E-state index < -0.39 is 11.7 Å². The van der Waals surface area contributed by atoms with E-state index in [4.69, 9.17) is 0 Å². The van der Waals surface area contributed by atoms with Gasteiger partial charge in [-0.15, -0.1) is 0 Å². The molecule has 1 atom stereocenters. The monoisotopic (exact) mass is 264 g/mol. The maximum atomic E-state index is 11.8. The second-order valence-electron chi connectivity index (χ2n) is 4.44. The lowest BCUT2D eigenvalue weighted by atomic mass is 10.1. The van der Waals surface area contributed by atoms with Gasteiger partial charge in [0, 0.05) is 18.9 Å². The Morgan fingerprint density at radius 1 is 1.47 bits per heavy atom. The summed E-state index contributed by atoms with van der Waals surface area (Å²) in [6.45, 7) is 0.518. The molecule has 1 fully saturated rings. The van der Waals surface area contributed by atoms with Gasteiger partial charge in [-0.1, -0.05) is 0 Å². The van der Waals surface area contributed by atoms with Crippen LogP contribution in [0.1, 0.15) is 19.3 Å². The maximum Gasteiger partial charge on any atom is 0.347 e. The fourth-order valence-corrected chi connectivity index (χ4v) is 1.98. The van der Waals surface area contributed by atoms with Crippen molar-refractivity contribution in [2.45, 2.75) is 31.8 Å².